The van der Waals surface area contributed by atoms with Crippen LogP contribution in [0.3, 0.4) is 0 Å². The molecule has 204 valence electrons. The van der Waals surface area contributed by atoms with Gasteiger partial charge >= 0.3 is 6.18 Å². The molecule has 0 bridgehead atoms. The van der Waals surface area contributed by atoms with Gasteiger partial charge in [-0.2, -0.15) is 13.2 Å². The molecule has 1 saturated carbocycles. The fourth-order valence-corrected chi connectivity index (χ4v) is 4.63. The number of methoxy groups -OCH3 is 1. The summed E-state index contributed by atoms with van der Waals surface area (Å²) in [7, 11) is 1.33. The minimum absolute atomic E-state index is 0.0191. The molecule has 0 saturated heterocycles. The third-order valence-electron chi connectivity index (χ3n) is 6.86. The molecule has 0 spiro atoms. The highest BCUT2D eigenvalue weighted by Gasteiger charge is 2.48. The first-order valence-electron chi connectivity index (χ1n) is 12.4. The van der Waals surface area contributed by atoms with E-state index in [1.807, 2.05) is 13.8 Å². The lowest BCUT2D eigenvalue weighted by atomic mass is 9.75. The summed E-state index contributed by atoms with van der Waals surface area (Å²) in [6, 6.07) is 4.39. The Kier molecular flexibility index (Phi) is 7.37. The van der Waals surface area contributed by atoms with Crippen LogP contribution in [0.4, 0.5) is 13.2 Å². The van der Waals surface area contributed by atoms with Crippen LogP contribution in [0.2, 0.25) is 0 Å². The second kappa shape index (κ2) is 10.2. The van der Waals surface area contributed by atoms with Crippen LogP contribution in [0.1, 0.15) is 68.0 Å². The Labute approximate surface area is 217 Å². The molecule has 9 nitrogen and oxygen atoms in total. The van der Waals surface area contributed by atoms with Crippen molar-refractivity contribution >= 4 is 22.7 Å². The average Bonchev–Trinajstić information content (AvgIpc) is 3.31. The van der Waals surface area contributed by atoms with Gasteiger partial charge in [-0.05, 0) is 64.3 Å². The summed E-state index contributed by atoms with van der Waals surface area (Å²) < 4.78 is 51.1. The first-order chi connectivity index (χ1) is 18.0. The van der Waals surface area contributed by atoms with Gasteiger partial charge in [-0.15, -0.1) is 0 Å². The van der Waals surface area contributed by atoms with Gasteiger partial charge in [0.2, 0.25) is 11.8 Å². The van der Waals surface area contributed by atoms with Crippen LogP contribution in [0.25, 0.3) is 22.4 Å². The van der Waals surface area contributed by atoms with Crippen molar-refractivity contribution in [2.75, 3.05) is 20.2 Å². The van der Waals surface area contributed by atoms with Crippen LogP contribution in [0, 0.1) is 0 Å². The molecule has 3 N–H and O–H groups in total. The normalized spacial score (nSPS) is 15.6. The number of amides is 2. The van der Waals surface area contributed by atoms with Gasteiger partial charge in [0.05, 0.1) is 13.2 Å². The Morgan fingerprint density at radius 2 is 1.87 bits per heavy atom. The Hall–Kier alpha value is -3.67. The van der Waals surface area contributed by atoms with Gasteiger partial charge in [0, 0.05) is 24.0 Å². The third kappa shape index (κ3) is 4.80. The summed E-state index contributed by atoms with van der Waals surface area (Å²) in [4.78, 5) is 36.4. The second-order valence-corrected chi connectivity index (χ2v) is 9.29. The number of pyridine rings is 1. The predicted molar refractivity (Wildman–Crippen MR) is 133 cm³/mol. The first-order valence-corrected chi connectivity index (χ1v) is 12.4. The van der Waals surface area contributed by atoms with Crippen LogP contribution in [0.5, 0.6) is 5.75 Å². The zero-order valence-corrected chi connectivity index (χ0v) is 21.6. The fourth-order valence-electron chi connectivity index (χ4n) is 4.63. The number of hydrogen-bond donors (Lipinski definition) is 2. The Morgan fingerprint density at radius 1 is 1.18 bits per heavy atom. The Bertz CT molecular complexity index is 1360. The molecule has 0 radical (unpaired) electrons. The quantitative estimate of drug-likeness (QED) is 0.438. The molecule has 1 fully saturated rings. The number of hydrogen-bond acceptors (Lipinski definition) is 7. The molecule has 4 rings (SSSR count). The number of alkyl halides is 3. The van der Waals surface area contributed by atoms with Crippen molar-refractivity contribution in [3.63, 3.8) is 0 Å². The highest BCUT2D eigenvalue weighted by molar-refractivity contribution is 6.01. The second-order valence-electron chi connectivity index (χ2n) is 9.29. The molecule has 12 heteroatoms. The van der Waals surface area contributed by atoms with Crippen molar-refractivity contribution in [3.8, 4) is 17.2 Å². The van der Waals surface area contributed by atoms with Crippen molar-refractivity contribution < 1.29 is 31.9 Å². The number of halogens is 3. The number of fused-ring (bicyclic) bond motifs is 1. The van der Waals surface area contributed by atoms with E-state index in [0.717, 1.165) is 12.5 Å². The standard InChI is InChI=1S/C26H30F3N5O4/c1-5-34(6-2)24(36)25(12-7-13-25)33-22(35)20-21(14(3)30)38-23(32-20)16-8-10-17(37-4)19-15(16)9-11-18(31-19)26(27,28)29/h8-11,14H,5-7,12-13,30H2,1-4H3,(H,33,35)/t14-/m0/s1. The van der Waals surface area contributed by atoms with E-state index in [0.29, 0.717) is 31.5 Å². The lowest BCUT2D eigenvalue weighted by Crippen LogP contribution is -2.63. The molecular weight excluding hydrogens is 503 g/mol. The number of carbonyl (C=O) groups excluding carboxylic acids is 2. The zero-order valence-electron chi connectivity index (χ0n) is 21.6. The molecule has 2 aromatic heterocycles. The molecular formula is C26H30F3N5O4. The molecule has 1 aliphatic carbocycles. The molecule has 0 aliphatic heterocycles. The number of rotatable bonds is 8. The SMILES string of the molecule is CCN(CC)C(=O)C1(NC(=O)c2nc(-c3ccc(OC)c4nc(C(F)(F)F)ccc34)oc2[C@H](C)N)CCC1. The van der Waals surface area contributed by atoms with E-state index in [-0.39, 0.29) is 39.9 Å². The minimum atomic E-state index is -4.65. The molecule has 3 aromatic rings. The Morgan fingerprint density at radius 3 is 2.39 bits per heavy atom. The zero-order chi connectivity index (χ0) is 27.8. The molecule has 1 atom stereocenters. The fraction of sp³-hybridized carbons (Fsp3) is 0.462. The number of oxazole rings is 1. The molecule has 0 unspecified atom stereocenters. The maximum atomic E-state index is 13.4. The summed E-state index contributed by atoms with van der Waals surface area (Å²) in [6.45, 7) is 6.39. The topological polar surface area (TPSA) is 124 Å². The van der Waals surface area contributed by atoms with Crippen molar-refractivity contribution in [2.24, 2.45) is 5.73 Å². The lowest BCUT2D eigenvalue weighted by Gasteiger charge is -2.43. The van der Waals surface area contributed by atoms with E-state index >= 15 is 0 Å². The molecule has 1 aromatic carbocycles. The van der Waals surface area contributed by atoms with Crippen LogP contribution < -0.4 is 15.8 Å². The molecule has 38 heavy (non-hydrogen) atoms. The van der Waals surface area contributed by atoms with Gasteiger partial charge in [-0.3, -0.25) is 9.59 Å². The van der Waals surface area contributed by atoms with E-state index in [2.05, 4.69) is 15.3 Å². The highest BCUT2D eigenvalue weighted by Crippen LogP contribution is 2.38. The molecule has 2 heterocycles. The van der Waals surface area contributed by atoms with Crippen molar-refractivity contribution in [2.45, 2.75) is 57.8 Å². The predicted octanol–water partition coefficient (Wildman–Crippen LogP) is 4.46. The lowest BCUT2D eigenvalue weighted by molar-refractivity contribution is -0.141. The van der Waals surface area contributed by atoms with Gasteiger partial charge < -0.3 is 25.1 Å². The Balaban J connectivity index is 1.76. The number of nitrogens with zero attached hydrogens (tertiary/aromatic N) is 3. The van der Waals surface area contributed by atoms with E-state index in [4.69, 9.17) is 14.9 Å². The number of likely N-dealkylation sites (N-methyl/N-ethyl adjacent to an activating group) is 1. The van der Waals surface area contributed by atoms with Gasteiger partial charge in [0.25, 0.3) is 5.91 Å². The summed E-state index contributed by atoms with van der Waals surface area (Å²) in [6.07, 6.45) is -2.85. The summed E-state index contributed by atoms with van der Waals surface area (Å²) >= 11 is 0. The van der Waals surface area contributed by atoms with Crippen LogP contribution in [-0.2, 0) is 11.0 Å². The van der Waals surface area contributed by atoms with Crippen LogP contribution >= 0.6 is 0 Å². The van der Waals surface area contributed by atoms with Crippen molar-refractivity contribution in [1.29, 1.82) is 0 Å². The van der Waals surface area contributed by atoms with E-state index in [9.17, 15) is 22.8 Å². The number of nitrogens with two attached hydrogens (primary N) is 1. The highest BCUT2D eigenvalue weighted by atomic mass is 19.4. The molecule has 1 aliphatic rings. The number of ether oxygens (including phenoxy) is 1. The van der Waals surface area contributed by atoms with Gasteiger partial charge in [0.15, 0.2) is 11.5 Å². The molecule has 2 amide bonds. The number of benzene rings is 1. The smallest absolute Gasteiger partial charge is 0.433 e. The first kappa shape index (κ1) is 27.4. The van der Waals surface area contributed by atoms with E-state index in [1.165, 1.54) is 19.2 Å². The van der Waals surface area contributed by atoms with Crippen molar-refractivity contribution in [1.82, 2.24) is 20.2 Å². The van der Waals surface area contributed by atoms with Gasteiger partial charge in [0.1, 0.15) is 22.5 Å². The number of nitrogens with one attached hydrogen (secondary N) is 1. The van der Waals surface area contributed by atoms with E-state index in [1.54, 1.807) is 17.9 Å². The van der Waals surface area contributed by atoms with Gasteiger partial charge in [-0.25, -0.2) is 9.97 Å². The maximum absolute atomic E-state index is 13.4. The summed E-state index contributed by atoms with van der Waals surface area (Å²) in [5, 5.41) is 3.16. The number of aromatic nitrogens is 2. The third-order valence-corrected chi connectivity index (χ3v) is 6.86. The van der Waals surface area contributed by atoms with Crippen LogP contribution in [0.15, 0.2) is 28.7 Å². The monoisotopic (exact) mass is 533 g/mol. The number of carbonyl (C=O) groups is 2. The average molecular weight is 534 g/mol. The van der Waals surface area contributed by atoms with Crippen LogP contribution in [-0.4, -0.2) is 52.4 Å². The maximum Gasteiger partial charge on any atom is 0.433 e. The largest absolute Gasteiger partial charge is 0.494 e. The van der Waals surface area contributed by atoms with Gasteiger partial charge in [-0.1, -0.05) is 0 Å². The summed E-state index contributed by atoms with van der Waals surface area (Å²) in [5.41, 5.74) is 4.17. The summed E-state index contributed by atoms with van der Waals surface area (Å²) in [5.74, 6) is -0.558. The minimum Gasteiger partial charge on any atom is -0.494 e. The van der Waals surface area contributed by atoms with E-state index < -0.39 is 29.4 Å². The van der Waals surface area contributed by atoms with Crippen molar-refractivity contribution in [3.05, 3.63) is 41.4 Å².